The molecule has 0 aliphatic heterocycles. The number of ether oxygens (including phenoxy) is 1. The number of amides is 2. The minimum atomic E-state index is -1.24. The average Bonchev–Trinajstić information content (AvgIpc) is 2.72. The first-order valence-electron chi connectivity index (χ1n) is 9.61. The van der Waals surface area contributed by atoms with Gasteiger partial charge in [-0.2, -0.15) is 0 Å². The Morgan fingerprint density at radius 3 is 2.29 bits per heavy atom. The van der Waals surface area contributed by atoms with Crippen molar-refractivity contribution >= 4 is 41.2 Å². The molecule has 2 rings (SSSR count). The largest absolute Gasteiger partial charge is 0.480 e. The maximum absolute atomic E-state index is 12.7. The predicted octanol–water partition coefficient (Wildman–Crippen LogP) is 4.06. The minimum Gasteiger partial charge on any atom is -0.480 e. The van der Waals surface area contributed by atoms with E-state index in [9.17, 15) is 19.5 Å². The van der Waals surface area contributed by atoms with Crippen molar-refractivity contribution in [2.45, 2.75) is 39.0 Å². The highest BCUT2D eigenvalue weighted by Crippen LogP contribution is 2.22. The lowest BCUT2D eigenvalue weighted by Gasteiger charge is -2.24. The Hall–Kier alpha value is -2.77. The topological polar surface area (TPSA) is 105 Å². The molecule has 2 aromatic rings. The highest BCUT2D eigenvalue weighted by atomic mass is 35.5. The Morgan fingerprint density at radius 1 is 1.03 bits per heavy atom. The molecule has 166 valence electrons. The summed E-state index contributed by atoms with van der Waals surface area (Å²) in [6.07, 6.45) is -0.814. The highest BCUT2D eigenvalue weighted by molar-refractivity contribution is 6.35. The van der Waals surface area contributed by atoms with Crippen LogP contribution in [0.3, 0.4) is 0 Å². The number of nitrogens with one attached hydrogen (secondary N) is 2. The van der Waals surface area contributed by atoms with Crippen LogP contribution in [0.4, 0.5) is 4.79 Å². The molecular weight excluding hydrogens is 443 g/mol. The second kappa shape index (κ2) is 11.6. The van der Waals surface area contributed by atoms with Crippen LogP contribution in [0.1, 0.15) is 25.0 Å². The summed E-state index contributed by atoms with van der Waals surface area (Å²) in [7, 11) is 0. The zero-order chi connectivity index (χ0) is 23.0. The number of carboxylic acid groups (broad SMARTS) is 1. The lowest BCUT2D eigenvalue weighted by Crippen LogP contribution is -2.54. The van der Waals surface area contributed by atoms with Crippen LogP contribution in [0, 0.1) is 5.92 Å². The van der Waals surface area contributed by atoms with Crippen LogP contribution in [-0.2, 0) is 27.4 Å². The zero-order valence-electron chi connectivity index (χ0n) is 17.1. The van der Waals surface area contributed by atoms with Gasteiger partial charge in [-0.15, -0.1) is 0 Å². The molecule has 0 heterocycles. The molecule has 0 unspecified atom stereocenters. The van der Waals surface area contributed by atoms with Crippen molar-refractivity contribution in [3.05, 3.63) is 69.7 Å². The molecule has 0 saturated carbocycles. The van der Waals surface area contributed by atoms with Crippen molar-refractivity contribution in [3.8, 4) is 0 Å². The summed E-state index contributed by atoms with van der Waals surface area (Å²) in [5.74, 6) is -2.17. The van der Waals surface area contributed by atoms with Gasteiger partial charge in [0.05, 0.1) is 0 Å². The van der Waals surface area contributed by atoms with Crippen LogP contribution >= 0.6 is 23.2 Å². The van der Waals surface area contributed by atoms with Crippen molar-refractivity contribution in [2.75, 3.05) is 0 Å². The molecule has 0 saturated heterocycles. The van der Waals surface area contributed by atoms with Crippen LogP contribution < -0.4 is 10.6 Å². The predicted molar refractivity (Wildman–Crippen MR) is 118 cm³/mol. The van der Waals surface area contributed by atoms with Crippen molar-refractivity contribution in [3.63, 3.8) is 0 Å². The standard InChI is InChI=1S/C22H24Cl2N2O5/c1-13(2)19(26-22(30)31-12-14-6-4-3-5-7-14)20(27)25-18(21(28)29)10-15-8-9-16(23)11-17(15)24/h3-9,11,13,18-19H,10,12H2,1-2H3,(H,25,27)(H,26,30)(H,28,29)/t18-,19+/m0/s1. The average molecular weight is 467 g/mol. The van der Waals surface area contributed by atoms with E-state index in [4.69, 9.17) is 27.9 Å². The fourth-order valence-corrected chi connectivity index (χ4v) is 3.28. The SMILES string of the molecule is CC(C)[C@@H](NC(=O)OCc1ccccc1)C(=O)N[C@@H](Cc1ccc(Cl)cc1Cl)C(=O)O. The molecule has 0 radical (unpaired) electrons. The molecule has 31 heavy (non-hydrogen) atoms. The van der Waals surface area contributed by atoms with Gasteiger partial charge in [0.25, 0.3) is 0 Å². The van der Waals surface area contributed by atoms with Gasteiger partial charge in [0.15, 0.2) is 0 Å². The van der Waals surface area contributed by atoms with Crippen molar-refractivity contribution in [1.29, 1.82) is 0 Å². The van der Waals surface area contributed by atoms with Crippen molar-refractivity contribution in [2.24, 2.45) is 5.92 Å². The third-order valence-electron chi connectivity index (χ3n) is 4.49. The lowest BCUT2D eigenvalue weighted by molar-refractivity contribution is -0.142. The van der Waals surface area contributed by atoms with Gasteiger partial charge >= 0.3 is 12.1 Å². The lowest BCUT2D eigenvalue weighted by atomic mass is 10.0. The normalized spacial score (nSPS) is 12.7. The van der Waals surface area contributed by atoms with E-state index in [1.165, 1.54) is 6.07 Å². The van der Waals surface area contributed by atoms with Gasteiger partial charge in [0.2, 0.25) is 5.91 Å². The number of hydrogen-bond acceptors (Lipinski definition) is 4. The van der Waals surface area contributed by atoms with Gasteiger partial charge in [-0.3, -0.25) is 4.79 Å². The summed E-state index contributed by atoms with van der Waals surface area (Å²) in [6.45, 7) is 3.51. The quantitative estimate of drug-likeness (QED) is 0.516. The monoisotopic (exact) mass is 466 g/mol. The first-order valence-corrected chi connectivity index (χ1v) is 10.4. The summed E-state index contributed by atoms with van der Waals surface area (Å²) in [6, 6.07) is 11.6. The van der Waals surface area contributed by atoms with Crippen LogP contribution in [0.5, 0.6) is 0 Å². The van der Waals surface area contributed by atoms with E-state index in [0.29, 0.717) is 15.6 Å². The summed E-state index contributed by atoms with van der Waals surface area (Å²) in [5, 5.41) is 15.2. The van der Waals surface area contributed by atoms with E-state index in [0.717, 1.165) is 5.56 Å². The van der Waals surface area contributed by atoms with Gasteiger partial charge in [0.1, 0.15) is 18.7 Å². The fraction of sp³-hybridized carbons (Fsp3) is 0.318. The molecular formula is C22H24Cl2N2O5. The molecule has 0 spiro atoms. The van der Waals surface area contributed by atoms with Crippen LogP contribution in [-0.4, -0.2) is 35.2 Å². The molecule has 2 atom stereocenters. The van der Waals surface area contributed by atoms with Gasteiger partial charge in [0, 0.05) is 16.5 Å². The second-order valence-corrected chi connectivity index (χ2v) is 8.11. The number of benzene rings is 2. The number of aliphatic carboxylic acids is 1. The Morgan fingerprint density at radius 2 is 1.71 bits per heavy atom. The molecule has 0 bridgehead atoms. The maximum Gasteiger partial charge on any atom is 0.408 e. The molecule has 2 aromatic carbocycles. The molecule has 0 aromatic heterocycles. The third kappa shape index (κ3) is 7.77. The number of carboxylic acids is 1. The van der Waals surface area contributed by atoms with Gasteiger partial charge < -0.3 is 20.5 Å². The number of carbonyl (C=O) groups excluding carboxylic acids is 2. The molecule has 3 N–H and O–H groups in total. The molecule has 0 fully saturated rings. The number of hydrogen-bond donors (Lipinski definition) is 3. The Labute approximate surface area is 190 Å². The van der Waals surface area contributed by atoms with Crippen LogP contribution in [0.2, 0.25) is 10.0 Å². The summed E-state index contributed by atoms with van der Waals surface area (Å²) >= 11 is 12.0. The van der Waals surface area contributed by atoms with E-state index in [-0.39, 0.29) is 18.9 Å². The number of rotatable bonds is 9. The van der Waals surface area contributed by atoms with E-state index < -0.39 is 30.1 Å². The molecule has 9 heteroatoms. The summed E-state index contributed by atoms with van der Waals surface area (Å²) < 4.78 is 5.16. The first-order chi connectivity index (χ1) is 14.7. The minimum absolute atomic E-state index is 0.0413. The van der Waals surface area contributed by atoms with Crippen molar-refractivity contribution in [1.82, 2.24) is 10.6 Å². The number of carbonyl (C=O) groups is 3. The van der Waals surface area contributed by atoms with E-state index >= 15 is 0 Å². The highest BCUT2D eigenvalue weighted by Gasteiger charge is 2.29. The van der Waals surface area contributed by atoms with E-state index in [2.05, 4.69) is 10.6 Å². The molecule has 2 amide bonds. The van der Waals surface area contributed by atoms with Gasteiger partial charge in [-0.1, -0.05) is 73.4 Å². The zero-order valence-corrected chi connectivity index (χ0v) is 18.6. The maximum atomic E-state index is 12.7. The smallest absolute Gasteiger partial charge is 0.408 e. The summed E-state index contributed by atoms with van der Waals surface area (Å²) in [4.78, 5) is 36.6. The Bertz CT molecular complexity index is 921. The fourth-order valence-electron chi connectivity index (χ4n) is 2.80. The Balaban J connectivity index is 2.01. The van der Waals surface area contributed by atoms with E-state index in [1.54, 1.807) is 38.1 Å². The van der Waals surface area contributed by atoms with Gasteiger partial charge in [-0.05, 0) is 29.2 Å². The first kappa shape index (κ1) is 24.5. The number of halogens is 2. The van der Waals surface area contributed by atoms with Crippen LogP contribution in [0.25, 0.3) is 0 Å². The third-order valence-corrected chi connectivity index (χ3v) is 5.08. The van der Waals surface area contributed by atoms with Crippen LogP contribution in [0.15, 0.2) is 48.5 Å². The molecule has 7 nitrogen and oxygen atoms in total. The molecule has 0 aliphatic carbocycles. The second-order valence-electron chi connectivity index (χ2n) is 7.27. The van der Waals surface area contributed by atoms with Gasteiger partial charge in [-0.25, -0.2) is 9.59 Å². The van der Waals surface area contributed by atoms with Crippen molar-refractivity contribution < 1.29 is 24.2 Å². The van der Waals surface area contributed by atoms with E-state index in [1.807, 2.05) is 18.2 Å². The number of alkyl carbamates (subject to hydrolysis) is 1. The summed E-state index contributed by atoms with van der Waals surface area (Å²) in [5.41, 5.74) is 1.32. The Kier molecular flexibility index (Phi) is 9.15. The molecule has 0 aliphatic rings.